The van der Waals surface area contributed by atoms with Crippen molar-refractivity contribution >= 4 is 29.1 Å². The number of carbonyl (C=O) groups excluding carboxylic acids is 1. The van der Waals surface area contributed by atoms with Crippen LogP contribution in [-0.2, 0) is 11.4 Å². The van der Waals surface area contributed by atoms with Crippen LogP contribution in [0, 0.1) is 0 Å². The molecule has 38 heavy (non-hydrogen) atoms. The highest BCUT2D eigenvalue weighted by Gasteiger charge is 2.34. The molecule has 1 atom stereocenters. The number of nitrogens with one attached hydrogen (secondary N) is 2. The largest absolute Gasteiger partial charge is 0.497 e. The number of anilines is 2. The minimum atomic E-state index is -0.561. The molecule has 0 spiro atoms. The third-order valence-corrected chi connectivity index (χ3v) is 6.59. The first-order valence-electron chi connectivity index (χ1n) is 11.9. The number of hydrogen-bond acceptors (Lipinski definition) is 7. The van der Waals surface area contributed by atoms with Gasteiger partial charge in [-0.2, -0.15) is 10.1 Å². The summed E-state index contributed by atoms with van der Waals surface area (Å²) in [6.07, 6.45) is 1.45. The average Bonchev–Trinajstić information content (AvgIpc) is 3.40. The van der Waals surface area contributed by atoms with Crippen LogP contribution in [-0.4, -0.2) is 34.9 Å². The molecule has 194 valence electrons. The van der Waals surface area contributed by atoms with Crippen molar-refractivity contribution < 1.29 is 19.0 Å². The van der Waals surface area contributed by atoms with E-state index >= 15 is 0 Å². The fraction of sp³-hybridized carbons (Fsp3) is 0.179. The number of nitrogens with zero attached hydrogens (tertiary/aromatic N) is 3. The zero-order valence-corrected chi connectivity index (χ0v) is 21.8. The Morgan fingerprint density at radius 2 is 1.89 bits per heavy atom. The van der Waals surface area contributed by atoms with Gasteiger partial charge in [-0.15, -0.1) is 0 Å². The molecule has 2 heterocycles. The minimum absolute atomic E-state index is 0.307. The van der Waals surface area contributed by atoms with Crippen molar-refractivity contribution in [2.24, 2.45) is 0 Å². The summed E-state index contributed by atoms with van der Waals surface area (Å²) in [5, 5.41) is 11.2. The van der Waals surface area contributed by atoms with Crippen LogP contribution in [0.5, 0.6) is 17.2 Å². The molecule has 1 unspecified atom stereocenters. The Morgan fingerprint density at radius 1 is 1.05 bits per heavy atom. The van der Waals surface area contributed by atoms with Crippen LogP contribution in [0.1, 0.15) is 24.1 Å². The summed E-state index contributed by atoms with van der Waals surface area (Å²) in [6.45, 7) is 2.14. The molecule has 0 radical (unpaired) electrons. The van der Waals surface area contributed by atoms with Crippen molar-refractivity contribution in [2.45, 2.75) is 19.6 Å². The molecule has 4 aromatic rings. The number of benzene rings is 3. The van der Waals surface area contributed by atoms with Crippen LogP contribution in [0.4, 0.5) is 11.6 Å². The van der Waals surface area contributed by atoms with Gasteiger partial charge in [0.15, 0.2) is 0 Å². The summed E-state index contributed by atoms with van der Waals surface area (Å²) in [7, 11) is 3.11. The zero-order chi connectivity index (χ0) is 26.6. The molecule has 3 aromatic carbocycles. The fourth-order valence-corrected chi connectivity index (χ4v) is 4.54. The van der Waals surface area contributed by atoms with E-state index in [2.05, 4.69) is 20.7 Å². The van der Waals surface area contributed by atoms with E-state index in [0.717, 1.165) is 11.1 Å². The number of rotatable bonds is 8. The Hall–Kier alpha value is -4.50. The fourth-order valence-electron chi connectivity index (χ4n) is 4.35. The normalized spacial score (nSPS) is 14.4. The maximum absolute atomic E-state index is 13.8. The van der Waals surface area contributed by atoms with Gasteiger partial charge in [-0.1, -0.05) is 41.9 Å². The molecule has 0 aliphatic carbocycles. The van der Waals surface area contributed by atoms with Crippen molar-refractivity contribution in [3.05, 3.63) is 100 Å². The summed E-state index contributed by atoms with van der Waals surface area (Å²) in [5.74, 6) is 1.94. The summed E-state index contributed by atoms with van der Waals surface area (Å²) in [4.78, 5) is 18.1. The number of aromatic nitrogens is 3. The van der Waals surface area contributed by atoms with Gasteiger partial charge in [0.25, 0.3) is 5.91 Å². The molecule has 0 saturated carbocycles. The lowest BCUT2D eigenvalue weighted by Crippen LogP contribution is -2.31. The van der Waals surface area contributed by atoms with Gasteiger partial charge in [-0.05, 0) is 42.8 Å². The first kappa shape index (κ1) is 25.2. The summed E-state index contributed by atoms with van der Waals surface area (Å²) in [5.41, 5.74) is 3.28. The molecule has 0 saturated heterocycles. The number of hydrogen-bond donors (Lipinski definition) is 2. The molecule has 1 amide bonds. The molecule has 1 aliphatic heterocycles. The van der Waals surface area contributed by atoms with Crippen LogP contribution < -0.4 is 24.8 Å². The number of methoxy groups -OCH3 is 2. The molecule has 0 fully saturated rings. The van der Waals surface area contributed by atoms with Crippen molar-refractivity contribution in [3.8, 4) is 17.2 Å². The molecule has 9 nitrogen and oxygen atoms in total. The second-order valence-corrected chi connectivity index (χ2v) is 8.97. The summed E-state index contributed by atoms with van der Waals surface area (Å²) in [6, 6.07) is 19.8. The first-order valence-corrected chi connectivity index (χ1v) is 12.2. The monoisotopic (exact) mass is 531 g/mol. The van der Waals surface area contributed by atoms with Gasteiger partial charge in [0.05, 0.1) is 25.5 Å². The average molecular weight is 532 g/mol. The standard InChI is InChI=1S/C28H26ClN5O4/c1-17-25(27(35)33-23-14-20(36-2)11-12-24(23)37-3)26(34-28(32-17)30-16-31-34)18-8-6-9-21(13-18)38-15-19-7-4-5-10-22(19)29/h4-14,16,26H,15H2,1-3H3,(H,33,35)(H,30,31,32). The Balaban J connectivity index is 1.48. The van der Waals surface area contributed by atoms with E-state index in [1.54, 1.807) is 37.1 Å². The van der Waals surface area contributed by atoms with Gasteiger partial charge in [0, 0.05) is 22.3 Å². The van der Waals surface area contributed by atoms with E-state index < -0.39 is 6.04 Å². The molecular weight excluding hydrogens is 506 g/mol. The van der Waals surface area contributed by atoms with Gasteiger partial charge in [-0.25, -0.2) is 4.68 Å². The molecule has 1 aliphatic rings. The number of amides is 1. The van der Waals surface area contributed by atoms with E-state index in [1.165, 1.54) is 6.33 Å². The third-order valence-electron chi connectivity index (χ3n) is 6.22. The zero-order valence-electron chi connectivity index (χ0n) is 21.1. The van der Waals surface area contributed by atoms with Gasteiger partial charge in [0.2, 0.25) is 5.95 Å². The van der Waals surface area contributed by atoms with Crippen molar-refractivity contribution in [3.63, 3.8) is 0 Å². The minimum Gasteiger partial charge on any atom is -0.497 e. The van der Waals surface area contributed by atoms with Crippen LogP contribution in [0.25, 0.3) is 0 Å². The topological polar surface area (TPSA) is 99.5 Å². The second-order valence-electron chi connectivity index (χ2n) is 8.57. The number of allylic oxidation sites excluding steroid dienone is 1. The lowest BCUT2D eigenvalue weighted by Gasteiger charge is -2.29. The highest BCUT2D eigenvalue weighted by atomic mass is 35.5. The predicted octanol–water partition coefficient (Wildman–Crippen LogP) is 5.46. The van der Waals surface area contributed by atoms with E-state index in [0.29, 0.717) is 51.8 Å². The van der Waals surface area contributed by atoms with Crippen LogP contribution in [0.15, 0.2) is 84.3 Å². The first-order chi connectivity index (χ1) is 18.5. The van der Waals surface area contributed by atoms with Gasteiger partial charge < -0.3 is 24.8 Å². The van der Waals surface area contributed by atoms with E-state index in [9.17, 15) is 4.79 Å². The molecule has 10 heteroatoms. The quantitative estimate of drug-likeness (QED) is 0.311. The van der Waals surface area contributed by atoms with Crippen molar-refractivity contribution in [1.82, 2.24) is 14.8 Å². The molecule has 2 N–H and O–H groups in total. The molecule has 5 rings (SSSR count). The van der Waals surface area contributed by atoms with E-state index in [-0.39, 0.29) is 5.91 Å². The Kier molecular flexibility index (Phi) is 7.19. The van der Waals surface area contributed by atoms with E-state index in [4.69, 9.17) is 25.8 Å². The van der Waals surface area contributed by atoms with Gasteiger partial charge in [-0.3, -0.25) is 4.79 Å². The SMILES string of the molecule is COc1ccc(OC)c(NC(=O)C2=C(C)Nc3ncnn3C2c2cccc(OCc3ccccc3Cl)c2)c1. The Bertz CT molecular complexity index is 1520. The smallest absolute Gasteiger partial charge is 0.255 e. The molecule has 0 bridgehead atoms. The maximum atomic E-state index is 13.8. The van der Waals surface area contributed by atoms with Crippen LogP contribution in [0.3, 0.4) is 0 Å². The van der Waals surface area contributed by atoms with Gasteiger partial charge in [0.1, 0.15) is 36.2 Å². The Morgan fingerprint density at radius 3 is 2.68 bits per heavy atom. The number of fused-ring (bicyclic) bond motifs is 1. The second kappa shape index (κ2) is 10.9. The number of halogens is 1. The Labute approximate surface area is 225 Å². The maximum Gasteiger partial charge on any atom is 0.255 e. The number of carbonyl (C=O) groups is 1. The van der Waals surface area contributed by atoms with Crippen LogP contribution >= 0.6 is 11.6 Å². The lowest BCUT2D eigenvalue weighted by molar-refractivity contribution is -0.113. The third kappa shape index (κ3) is 5.01. The molecular formula is C28H26ClN5O4. The summed E-state index contributed by atoms with van der Waals surface area (Å²) >= 11 is 6.29. The summed E-state index contributed by atoms with van der Waals surface area (Å²) < 4.78 is 18.5. The van der Waals surface area contributed by atoms with Crippen molar-refractivity contribution in [1.29, 1.82) is 0 Å². The lowest BCUT2D eigenvalue weighted by atomic mass is 9.94. The highest BCUT2D eigenvalue weighted by Crippen LogP contribution is 2.37. The van der Waals surface area contributed by atoms with Gasteiger partial charge >= 0.3 is 0 Å². The predicted molar refractivity (Wildman–Crippen MR) is 145 cm³/mol. The van der Waals surface area contributed by atoms with Crippen LogP contribution in [0.2, 0.25) is 5.02 Å². The van der Waals surface area contributed by atoms with E-state index in [1.807, 2.05) is 55.5 Å². The molecule has 1 aromatic heterocycles. The van der Waals surface area contributed by atoms with Crippen molar-refractivity contribution in [2.75, 3.05) is 24.9 Å². The number of ether oxygens (including phenoxy) is 3. The highest BCUT2D eigenvalue weighted by molar-refractivity contribution is 6.31.